The van der Waals surface area contributed by atoms with Crippen molar-refractivity contribution in [2.45, 2.75) is 12.5 Å². The van der Waals surface area contributed by atoms with Gasteiger partial charge in [0.15, 0.2) is 0 Å². The fourth-order valence-electron chi connectivity index (χ4n) is 2.27. The van der Waals surface area contributed by atoms with Gasteiger partial charge in [-0.3, -0.25) is 0 Å². The lowest BCUT2D eigenvalue weighted by molar-refractivity contribution is 0.303. The summed E-state index contributed by atoms with van der Waals surface area (Å²) < 4.78 is 0. The molecule has 3 nitrogen and oxygen atoms in total. The van der Waals surface area contributed by atoms with Crippen LogP contribution in [0.5, 0.6) is 0 Å². The van der Waals surface area contributed by atoms with Crippen molar-refractivity contribution in [3.8, 4) is 6.07 Å². The number of benzene rings is 2. The van der Waals surface area contributed by atoms with Crippen LogP contribution in [0.2, 0.25) is 5.02 Å². The summed E-state index contributed by atoms with van der Waals surface area (Å²) in [5.74, 6) is 0. The maximum Gasteiger partial charge on any atom is 0.101 e. The Balaban J connectivity index is 2.00. The monoisotopic (exact) mass is 313 g/mol. The summed E-state index contributed by atoms with van der Waals surface area (Å²) in [7, 11) is 4.17. The van der Waals surface area contributed by atoms with Crippen LogP contribution in [0.3, 0.4) is 0 Å². The molecule has 0 saturated heterocycles. The molecule has 114 valence electrons. The average molecular weight is 314 g/mol. The van der Waals surface area contributed by atoms with Gasteiger partial charge in [-0.1, -0.05) is 41.9 Å². The van der Waals surface area contributed by atoms with Crippen molar-refractivity contribution in [3.05, 3.63) is 64.7 Å². The zero-order chi connectivity index (χ0) is 15.9. The SMILES string of the molecule is CN(C)C(CNc1ccc(C#N)c(Cl)c1)Cc1ccccc1. The molecule has 0 radical (unpaired) electrons. The Morgan fingerprint density at radius 2 is 1.91 bits per heavy atom. The van der Waals surface area contributed by atoms with Crippen molar-refractivity contribution in [2.75, 3.05) is 26.0 Å². The first-order chi connectivity index (χ1) is 10.6. The van der Waals surface area contributed by atoms with Crippen LogP contribution in [-0.4, -0.2) is 31.6 Å². The van der Waals surface area contributed by atoms with Crippen LogP contribution in [-0.2, 0) is 6.42 Å². The minimum atomic E-state index is 0.372. The third kappa shape index (κ3) is 4.49. The molecule has 0 aliphatic carbocycles. The molecule has 22 heavy (non-hydrogen) atoms. The number of hydrogen-bond acceptors (Lipinski definition) is 3. The van der Waals surface area contributed by atoms with E-state index in [1.807, 2.05) is 12.1 Å². The summed E-state index contributed by atoms with van der Waals surface area (Å²) in [5.41, 5.74) is 2.76. The minimum absolute atomic E-state index is 0.372. The predicted molar refractivity (Wildman–Crippen MR) is 92.3 cm³/mol. The highest BCUT2D eigenvalue weighted by atomic mass is 35.5. The van der Waals surface area contributed by atoms with E-state index in [1.165, 1.54) is 5.56 Å². The van der Waals surface area contributed by atoms with Crippen LogP contribution < -0.4 is 5.32 Å². The Kier molecular flexibility index (Phi) is 5.83. The van der Waals surface area contributed by atoms with Crippen molar-refractivity contribution in [1.82, 2.24) is 4.90 Å². The highest BCUT2D eigenvalue weighted by molar-refractivity contribution is 6.32. The van der Waals surface area contributed by atoms with E-state index in [0.29, 0.717) is 16.6 Å². The second-order valence-corrected chi connectivity index (χ2v) is 5.90. The van der Waals surface area contributed by atoms with Gasteiger partial charge in [0.05, 0.1) is 10.6 Å². The molecule has 2 aromatic carbocycles. The van der Waals surface area contributed by atoms with E-state index in [0.717, 1.165) is 18.7 Å². The molecule has 0 aliphatic heterocycles. The first kappa shape index (κ1) is 16.4. The van der Waals surface area contributed by atoms with Crippen molar-refractivity contribution in [1.29, 1.82) is 5.26 Å². The Hall–Kier alpha value is -2.02. The smallest absolute Gasteiger partial charge is 0.101 e. The molecule has 0 saturated carbocycles. The van der Waals surface area contributed by atoms with Gasteiger partial charge in [0.2, 0.25) is 0 Å². The Morgan fingerprint density at radius 3 is 2.50 bits per heavy atom. The first-order valence-electron chi connectivity index (χ1n) is 7.24. The van der Waals surface area contributed by atoms with Crippen molar-refractivity contribution in [3.63, 3.8) is 0 Å². The highest BCUT2D eigenvalue weighted by Gasteiger charge is 2.12. The van der Waals surface area contributed by atoms with Gasteiger partial charge in [-0.2, -0.15) is 5.26 Å². The number of rotatable bonds is 6. The molecule has 0 aliphatic rings. The van der Waals surface area contributed by atoms with E-state index < -0.39 is 0 Å². The molecule has 1 unspecified atom stereocenters. The molecular weight excluding hydrogens is 294 g/mol. The van der Waals surface area contributed by atoms with Crippen LogP contribution in [0.15, 0.2) is 48.5 Å². The van der Waals surface area contributed by atoms with Gasteiger partial charge in [-0.15, -0.1) is 0 Å². The van der Waals surface area contributed by atoms with Gasteiger partial charge in [-0.05, 0) is 44.3 Å². The van der Waals surface area contributed by atoms with E-state index in [2.05, 4.69) is 54.6 Å². The highest BCUT2D eigenvalue weighted by Crippen LogP contribution is 2.20. The molecule has 0 spiro atoms. The molecule has 1 atom stereocenters. The Bertz CT molecular complexity index is 647. The van der Waals surface area contributed by atoms with E-state index in [4.69, 9.17) is 16.9 Å². The molecular formula is C18H20ClN3. The van der Waals surface area contributed by atoms with Crippen molar-refractivity contribution < 1.29 is 0 Å². The summed E-state index contributed by atoms with van der Waals surface area (Å²) in [6.45, 7) is 0.810. The first-order valence-corrected chi connectivity index (χ1v) is 7.62. The van der Waals surface area contributed by atoms with Gasteiger partial charge in [0, 0.05) is 18.3 Å². The van der Waals surface area contributed by atoms with Crippen LogP contribution >= 0.6 is 11.6 Å². The number of hydrogen-bond donors (Lipinski definition) is 1. The zero-order valence-electron chi connectivity index (χ0n) is 12.9. The number of nitrogens with one attached hydrogen (secondary N) is 1. The molecule has 0 fully saturated rings. The number of halogens is 1. The molecule has 2 aromatic rings. The predicted octanol–water partition coefficient (Wildman–Crippen LogP) is 3.80. The van der Waals surface area contributed by atoms with E-state index in [9.17, 15) is 0 Å². The number of nitrogens with zero attached hydrogens (tertiary/aromatic N) is 2. The van der Waals surface area contributed by atoms with Crippen LogP contribution in [0, 0.1) is 11.3 Å². The second-order valence-electron chi connectivity index (χ2n) is 5.49. The summed E-state index contributed by atoms with van der Waals surface area (Å²) in [4.78, 5) is 2.21. The number of anilines is 1. The van der Waals surface area contributed by atoms with Gasteiger partial charge in [0.1, 0.15) is 6.07 Å². The fourth-order valence-corrected chi connectivity index (χ4v) is 2.50. The Morgan fingerprint density at radius 1 is 1.18 bits per heavy atom. The summed E-state index contributed by atoms with van der Waals surface area (Å²) in [6.07, 6.45) is 0.977. The van der Waals surface area contributed by atoms with E-state index in [1.54, 1.807) is 12.1 Å². The van der Waals surface area contributed by atoms with Gasteiger partial charge < -0.3 is 10.2 Å². The molecule has 2 rings (SSSR count). The molecule has 0 amide bonds. The molecule has 1 N–H and O–H groups in total. The molecule has 4 heteroatoms. The number of likely N-dealkylation sites (N-methyl/N-ethyl adjacent to an activating group) is 1. The molecule has 0 heterocycles. The summed E-state index contributed by atoms with van der Waals surface area (Å²) in [6, 6.07) is 18.3. The third-order valence-electron chi connectivity index (χ3n) is 3.68. The topological polar surface area (TPSA) is 39.1 Å². The number of nitriles is 1. The van der Waals surface area contributed by atoms with Gasteiger partial charge >= 0.3 is 0 Å². The standard InChI is InChI=1S/C18H20ClN3/c1-22(2)17(10-14-6-4-3-5-7-14)13-21-16-9-8-15(12-20)18(19)11-16/h3-9,11,17,21H,10,13H2,1-2H3. The lowest BCUT2D eigenvalue weighted by atomic mass is 10.1. The van der Waals surface area contributed by atoms with Crippen molar-refractivity contribution in [2.24, 2.45) is 0 Å². The maximum atomic E-state index is 8.90. The van der Waals surface area contributed by atoms with Gasteiger partial charge in [-0.25, -0.2) is 0 Å². The quantitative estimate of drug-likeness (QED) is 0.881. The maximum absolute atomic E-state index is 8.90. The largest absolute Gasteiger partial charge is 0.383 e. The van der Waals surface area contributed by atoms with E-state index >= 15 is 0 Å². The van der Waals surface area contributed by atoms with Crippen LogP contribution in [0.25, 0.3) is 0 Å². The minimum Gasteiger partial charge on any atom is -0.383 e. The summed E-state index contributed by atoms with van der Waals surface area (Å²) in [5, 5.41) is 12.8. The normalized spacial score (nSPS) is 12.0. The van der Waals surface area contributed by atoms with Crippen LogP contribution in [0.4, 0.5) is 5.69 Å². The summed E-state index contributed by atoms with van der Waals surface area (Å²) >= 11 is 6.06. The second kappa shape index (κ2) is 7.84. The lowest BCUT2D eigenvalue weighted by Crippen LogP contribution is -2.36. The third-order valence-corrected chi connectivity index (χ3v) is 3.99. The molecule has 0 aromatic heterocycles. The fraction of sp³-hybridized carbons (Fsp3) is 0.278. The lowest BCUT2D eigenvalue weighted by Gasteiger charge is -2.25. The van der Waals surface area contributed by atoms with E-state index in [-0.39, 0.29) is 0 Å². The average Bonchev–Trinajstić information content (AvgIpc) is 2.52. The van der Waals surface area contributed by atoms with Crippen LogP contribution in [0.1, 0.15) is 11.1 Å². The van der Waals surface area contributed by atoms with Crippen molar-refractivity contribution >= 4 is 17.3 Å². The molecule has 0 bridgehead atoms. The van der Waals surface area contributed by atoms with Gasteiger partial charge in [0.25, 0.3) is 0 Å². The zero-order valence-corrected chi connectivity index (χ0v) is 13.6. The Labute approximate surface area is 137 Å².